The molecule has 0 aliphatic carbocycles. The molecule has 0 bridgehead atoms. The summed E-state index contributed by atoms with van der Waals surface area (Å²) in [5, 5.41) is 5.52. The van der Waals surface area contributed by atoms with Crippen LogP contribution in [-0.2, 0) is 0 Å². The number of carbonyl (C=O) groups excluding carboxylic acids is 2. The predicted molar refractivity (Wildman–Crippen MR) is 108 cm³/mol. The highest BCUT2D eigenvalue weighted by molar-refractivity contribution is 6.05. The quantitative estimate of drug-likeness (QED) is 0.850. The molecule has 6 nitrogen and oxygen atoms in total. The van der Waals surface area contributed by atoms with Gasteiger partial charge in [-0.05, 0) is 61.7 Å². The lowest BCUT2D eigenvalue weighted by atomic mass is 10.1. The number of benzene rings is 2. The van der Waals surface area contributed by atoms with E-state index in [1.54, 1.807) is 35.2 Å². The monoisotopic (exact) mass is 382 g/mol. The van der Waals surface area contributed by atoms with Gasteiger partial charge in [0, 0.05) is 43.1 Å². The number of urea groups is 1. The predicted octanol–water partition coefficient (Wildman–Crippen LogP) is 3.52. The number of hydrogen-bond acceptors (Lipinski definition) is 3. The van der Waals surface area contributed by atoms with Gasteiger partial charge in [0.15, 0.2) is 0 Å². The topological polar surface area (TPSA) is 64.7 Å². The molecule has 0 spiro atoms. The van der Waals surface area contributed by atoms with Gasteiger partial charge in [0.2, 0.25) is 0 Å². The summed E-state index contributed by atoms with van der Waals surface area (Å²) in [4.78, 5) is 28.1. The van der Waals surface area contributed by atoms with Gasteiger partial charge < -0.3 is 15.5 Å². The summed E-state index contributed by atoms with van der Waals surface area (Å²) in [5.74, 6) is -0.639. The fraction of sp³-hybridized carbons (Fsp3) is 0.333. The number of rotatable bonds is 4. The third-order valence-corrected chi connectivity index (χ3v) is 5.26. The van der Waals surface area contributed by atoms with Crippen LogP contribution in [0.2, 0.25) is 0 Å². The largest absolute Gasteiger partial charge is 0.369 e. The third kappa shape index (κ3) is 3.52. The van der Waals surface area contributed by atoms with Gasteiger partial charge in [0.25, 0.3) is 5.91 Å². The molecule has 28 heavy (non-hydrogen) atoms. The van der Waals surface area contributed by atoms with E-state index in [2.05, 4.69) is 10.6 Å². The van der Waals surface area contributed by atoms with E-state index in [0.717, 1.165) is 37.2 Å². The zero-order valence-electron chi connectivity index (χ0n) is 15.8. The van der Waals surface area contributed by atoms with Crippen LogP contribution in [-0.4, -0.2) is 38.1 Å². The van der Waals surface area contributed by atoms with Crippen molar-refractivity contribution in [3.8, 4) is 0 Å². The van der Waals surface area contributed by atoms with Gasteiger partial charge in [-0.3, -0.25) is 9.69 Å². The van der Waals surface area contributed by atoms with Gasteiger partial charge in [0.1, 0.15) is 5.82 Å². The average molecular weight is 382 g/mol. The van der Waals surface area contributed by atoms with E-state index in [-0.39, 0.29) is 17.8 Å². The summed E-state index contributed by atoms with van der Waals surface area (Å²) in [5.41, 5.74) is 3.09. The van der Waals surface area contributed by atoms with Crippen LogP contribution in [0.4, 0.5) is 26.2 Å². The molecule has 2 fully saturated rings. The molecule has 0 radical (unpaired) electrons. The van der Waals surface area contributed by atoms with E-state index in [1.807, 2.05) is 11.8 Å². The highest BCUT2D eigenvalue weighted by Crippen LogP contribution is 2.27. The molecule has 0 saturated carbocycles. The second-order valence-corrected chi connectivity index (χ2v) is 7.20. The van der Waals surface area contributed by atoms with Crippen LogP contribution in [0.5, 0.6) is 0 Å². The van der Waals surface area contributed by atoms with Gasteiger partial charge in [0.05, 0.1) is 5.69 Å². The first-order valence-corrected chi connectivity index (χ1v) is 9.55. The molecule has 4 rings (SSSR count). The molecule has 2 heterocycles. The fourth-order valence-corrected chi connectivity index (χ4v) is 3.80. The van der Waals surface area contributed by atoms with Crippen molar-refractivity contribution >= 4 is 29.0 Å². The van der Waals surface area contributed by atoms with Gasteiger partial charge in [-0.15, -0.1) is 0 Å². The average Bonchev–Trinajstić information content (AvgIpc) is 3.34. The maximum atomic E-state index is 14.4. The number of halogens is 1. The van der Waals surface area contributed by atoms with Crippen molar-refractivity contribution in [3.63, 3.8) is 0 Å². The molecular formula is C21H23FN4O2. The van der Waals surface area contributed by atoms with E-state index in [9.17, 15) is 14.0 Å². The Balaban J connectivity index is 1.48. The minimum atomic E-state index is -0.328. The molecule has 7 heteroatoms. The molecule has 2 saturated heterocycles. The Bertz CT molecular complexity index is 925. The lowest BCUT2D eigenvalue weighted by Crippen LogP contribution is -2.28. The van der Waals surface area contributed by atoms with E-state index >= 15 is 0 Å². The lowest BCUT2D eigenvalue weighted by molar-refractivity contribution is 0.102. The number of amides is 3. The summed E-state index contributed by atoms with van der Waals surface area (Å²) in [6, 6.07) is 9.87. The highest BCUT2D eigenvalue weighted by atomic mass is 19.1. The van der Waals surface area contributed by atoms with Crippen LogP contribution in [0, 0.1) is 12.7 Å². The normalized spacial score (nSPS) is 16.4. The summed E-state index contributed by atoms with van der Waals surface area (Å²) in [6.45, 7) is 4.81. The van der Waals surface area contributed by atoms with Crippen molar-refractivity contribution in [2.24, 2.45) is 0 Å². The molecule has 2 N–H and O–H groups in total. The van der Waals surface area contributed by atoms with Crippen molar-refractivity contribution in [2.75, 3.05) is 41.3 Å². The molecule has 2 aromatic rings. The van der Waals surface area contributed by atoms with Crippen LogP contribution < -0.4 is 20.4 Å². The smallest absolute Gasteiger partial charge is 0.322 e. The van der Waals surface area contributed by atoms with E-state index in [0.29, 0.717) is 30.0 Å². The highest BCUT2D eigenvalue weighted by Gasteiger charge is 2.23. The summed E-state index contributed by atoms with van der Waals surface area (Å²) < 4.78 is 14.4. The Morgan fingerprint density at radius 3 is 2.46 bits per heavy atom. The van der Waals surface area contributed by atoms with Crippen LogP contribution in [0.1, 0.15) is 28.8 Å². The number of hydrogen-bond donors (Lipinski definition) is 2. The maximum absolute atomic E-state index is 14.4. The first-order chi connectivity index (χ1) is 13.5. The zero-order valence-corrected chi connectivity index (χ0v) is 15.8. The first-order valence-electron chi connectivity index (χ1n) is 9.55. The third-order valence-electron chi connectivity index (χ3n) is 5.26. The number of anilines is 3. The number of nitrogens with zero attached hydrogens (tertiary/aromatic N) is 2. The Morgan fingerprint density at radius 2 is 1.82 bits per heavy atom. The van der Waals surface area contributed by atoms with Crippen LogP contribution in [0.25, 0.3) is 0 Å². The van der Waals surface area contributed by atoms with Crippen molar-refractivity contribution in [1.82, 2.24) is 5.32 Å². The second-order valence-electron chi connectivity index (χ2n) is 7.20. The number of aryl methyl sites for hydroxylation is 1. The van der Waals surface area contributed by atoms with Crippen LogP contribution in [0.3, 0.4) is 0 Å². The Hall–Kier alpha value is -3.09. The fourth-order valence-electron chi connectivity index (χ4n) is 3.80. The molecule has 2 aliphatic heterocycles. The molecule has 3 amide bonds. The van der Waals surface area contributed by atoms with Crippen molar-refractivity contribution in [3.05, 3.63) is 53.3 Å². The summed E-state index contributed by atoms with van der Waals surface area (Å²) >= 11 is 0. The maximum Gasteiger partial charge on any atom is 0.322 e. The van der Waals surface area contributed by atoms with E-state index in [4.69, 9.17) is 0 Å². The van der Waals surface area contributed by atoms with Gasteiger partial charge >= 0.3 is 6.03 Å². The summed E-state index contributed by atoms with van der Waals surface area (Å²) in [6.07, 6.45) is 2.15. The number of nitrogens with one attached hydrogen (secondary N) is 2. The molecule has 0 atom stereocenters. The molecule has 2 aromatic carbocycles. The van der Waals surface area contributed by atoms with Crippen molar-refractivity contribution in [1.29, 1.82) is 0 Å². The second kappa shape index (κ2) is 7.50. The van der Waals surface area contributed by atoms with Crippen LogP contribution in [0.15, 0.2) is 36.4 Å². The van der Waals surface area contributed by atoms with Crippen LogP contribution >= 0.6 is 0 Å². The zero-order chi connectivity index (χ0) is 19.7. The first kappa shape index (κ1) is 18.3. The van der Waals surface area contributed by atoms with E-state index in [1.165, 1.54) is 6.07 Å². The van der Waals surface area contributed by atoms with Gasteiger partial charge in [-0.25, -0.2) is 9.18 Å². The van der Waals surface area contributed by atoms with Crippen molar-refractivity contribution in [2.45, 2.75) is 19.8 Å². The molecule has 146 valence electrons. The van der Waals surface area contributed by atoms with E-state index < -0.39 is 0 Å². The molecular weight excluding hydrogens is 359 g/mol. The minimum Gasteiger partial charge on any atom is -0.369 e. The Morgan fingerprint density at radius 1 is 1.07 bits per heavy atom. The van der Waals surface area contributed by atoms with Crippen molar-refractivity contribution < 1.29 is 14.0 Å². The molecule has 0 aromatic heterocycles. The van der Waals surface area contributed by atoms with Gasteiger partial charge in [-0.1, -0.05) is 0 Å². The number of carbonyl (C=O) groups is 2. The minimum absolute atomic E-state index is 0.131. The standard InChI is InChI=1S/C21H23FN4O2/c1-14-12-15(4-6-18(14)26-11-8-23-21(26)28)20(27)24-16-5-7-19(17(22)13-16)25-9-2-3-10-25/h4-7,12-13H,2-3,8-11H2,1H3,(H,23,28)(H,24,27). The lowest BCUT2D eigenvalue weighted by Gasteiger charge is -2.19. The molecule has 0 unspecified atom stereocenters. The van der Waals surface area contributed by atoms with Gasteiger partial charge in [-0.2, -0.15) is 0 Å². The Kier molecular flexibility index (Phi) is 4.90. The Labute approximate surface area is 163 Å². The SMILES string of the molecule is Cc1cc(C(=O)Nc2ccc(N3CCCC3)c(F)c2)ccc1N1CCNC1=O. The summed E-state index contributed by atoms with van der Waals surface area (Å²) in [7, 11) is 0. The molecule has 2 aliphatic rings.